The van der Waals surface area contributed by atoms with Crippen LogP contribution in [0.3, 0.4) is 0 Å². The topological polar surface area (TPSA) is 64.9 Å². The summed E-state index contributed by atoms with van der Waals surface area (Å²) in [6.45, 7) is 0. The Bertz CT molecular complexity index is 548. The molecule has 5 heteroatoms. The van der Waals surface area contributed by atoms with Gasteiger partial charge in [0, 0.05) is 27.4 Å². The van der Waals surface area contributed by atoms with E-state index in [9.17, 15) is 0 Å². The van der Waals surface area contributed by atoms with Crippen molar-refractivity contribution in [2.24, 2.45) is 5.73 Å². The molecule has 0 aliphatic heterocycles. The van der Waals surface area contributed by atoms with Crippen molar-refractivity contribution in [2.75, 3.05) is 11.5 Å². The Hall–Kier alpha value is -1.04. The minimum absolute atomic E-state index is 0.0653. The Morgan fingerprint density at radius 2 is 2.11 bits per heavy atom. The lowest BCUT2D eigenvalue weighted by Gasteiger charge is -2.12. The molecule has 0 spiro atoms. The maximum Gasteiger partial charge on any atom is 0.126 e. The molecule has 0 radical (unpaired) electrons. The van der Waals surface area contributed by atoms with Crippen molar-refractivity contribution in [1.82, 2.24) is 4.98 Å². The van der Waals surface area contributed by atoms with Crippen molar-refractivity contribution in [3.63, 3.8) is 0 Å². The number of thioether (sulfide) groups is 1. The van der Waals surface area contributed by atoms with Crippen LogP contribution in [-0.4, -0.2) is 16.8 Å². The highest BCUT2D eigenvalue weighted by molar-refractivity contribution is 9.10. The van der Waals surface area contributed by atoms with Gasteiger partial charge in [-0.2, -0.15) is 0 Å². The van der Waals surface area contributed by atoms with Crippen molar-refractivity contribution in [1.29, 1.82) is 0 Å². The van der Waals surface area contributed by atoms with Crippen LogP contribution in [0.25, 0.3) is 0 Å². The van der Waals surface area contributed by atoms with Crippen LogP contribution in [0.15, 0.2) is 52.0 Å². The van der Waals surface area contributed by atoms with Gasteiger partial charge >= 0.3 is 0 Å². The van der Waals surface area contributed by atoms with Gasteiger partial charge in [0.2, 0.25) is 0 Å². The summed E-state index contributed by atoms with van der Waals surface area (Å²) in [5.41, 5.74) is 13.0. The molecule has 0 fully saturated rings. The summed E-state index contributed by atoms with van der Waals surface area (Å²) in [5, 5.41) is 0. The predicted octanol–water partition coefficient (Wildman–Crippen LogP) is 3.09. The second-order valence-corrected chi connectivity index (χ2v) is 6.29. The number of anilines is 1. The number of nitrogen functional groups attached to an aromatic ring is 1. The predicted molar refractivity (Wildman–Crippen MR) is 85.2 cm³/mol. The van der Waals surface area contributed by atoms with E-state index >= 15 is 0 Å². The van der Waals surface area contributed by atoms with Crippen LogP contribution in [0.4, 0.5) is 5.82 Å². The molecule has 0 saturated heterocycles. The van der Waals surface area contributed by atoms with E-state index in [4.69, 9.17) is 11.5 Å². The third kappa shape index (κ3) is 4.53. The molecule has 1 atom stereocenters. The zero-order valence-corrected chi connectivity index (χ0v) is 12.8. The van der Waals surface area contributed by atoms with Gasteiger partial charge in [-0.1, -0.05) is 28.1 Å². The summed E-state index contributed by atoms with van der Waals surface area (Å²) in [6.07, 6.45) is 2.45. The van der Waals surface area contributed by atoms with E-state index in [2.05, 4.69) is 33.0 Å². The highest BCUT2D eigenvalue weighted by Crippen LogP contribution is 2.23. The Labute approximate surface area is 125 Å². The average Bonchev–Trinajstić information content (AvgIpc) is 2.39. The first kappa shape index (κ1) is 14.4. The minimum atomic E-state index is 0.0653. The maximum atomic E-state index is 6.14. The zero-order chi connectivity index (χ0) is 13.7. The number of aromatic nitrogens is 1. The lowest BCUT2D eigenvalue weighted by molar-refractivity contribution is 0.748. The average molecular weight is 338 g/mol. The Morgan fingerprint density at radius 3 is 2.84 bits per heavy atom. The number of pyridine rings is 1. The number of nitrogens with zero attached hydrogens (tertiary/aromatic N) is 1. The molecular formula is C14H16BrN3S. The molecular weight excluding hydrogens is 322 g/mol. The molecule has 0 bridgehead atoms. The highest BCUT2D eigenvalue weighted by Gasteiger charge is 2.08. The van der Waals surface area contributed by atoms with Crippen LogP contribution < -0.4 is 11.5 Å². The van der Waals surface area contributed by atoms with Gasteiger partial charge in [0.25, 0.3) is 0 Å². The molecule has 2 rings (SSSR count). The number of benzene rings is 1. The number of nitrogens with two attached hydrogens (primary N) is 2. The summed E-state index contributed by atoms with van der Waals surface area (Å²) in [6, 6.07) is 12.1. The first-order chi connectivity index (χ1) is 9.15. The van der Waals surface area contributed by atoms with Crippen LogP contribution in [0.5, 0.6) is 0 Å². The van der Waals surface area contributed by atoms with Crippen LogP contribution in [-0.2, 0) is 6.42 Å². The molecule has 4 N–H and O–H groups in total. The molecule has 0 aliphatic rings. The number of hydrogen-bond donors (Lipinski definition) is 2. The van der Waals surface area contributed by atoms with E-state index in [1.165, 1.54) is 4.90 Å². The van der Waals surface area contributed by atoms with Gasteiger partial charge in [-0.15, -0.1) is 11.8 Å². The lowest BCUT2D eigenvalue weighted by atomic mass is 10.1. The first-order valence-corrected chi connectivity index (χ1v) is 7.76. The van der Waals surface area contributed by atoms with Gasteiger partial charge in [-0.3, -0.25) is 0 Å². The van der Waals surface area contributed by atoms with Crippen LogP contribution in [0.1, 0.15) is 5.56 Å². The van der Waals surface area contributed by atoms with Gasteiger partial charge in [-0.05, 0) is 36.2 Å². The van der Waals surface area contributed by atoms with Gasteiger partial charge < -0.3 is 11.5 Å². The van der Waals surface area contributed by atoms with Crippen LogP contribution in [0, 0.1) is 0 Å². The first-order valence-electron chi connectivity index (χ1n) is 5.98. The second kappa shape index (κ2) is 6.93. The van der Waals surface area contributed by atoms with Crippen molar-refractivity contribution in [2.45, 2.75) is 17.4 Å². The molecule has 1 aromatic carbocycles. The second-order valence-electron chi connectivity index (χ2n) is 4.28. The van der Waals surface area contributed by atoms with Crippen LogP contribution in [0.2, 0.25) is 0 Å². The summed E-state index contributed by atoms with van der Waals surface area (Å²) in [7, 11) is 0. The van der Waals surface area contributed by atoms with Crippen molar-refractivity contribution < 1.29 is 0 Å². The Balaban J connectivity index is 1.88. The summed E-state index contributed by atoms with van der Waals surface area (Å²) in [4.78, 5) is 5.28. The molecule has 100 valence electrons. The van der Waals surface area contributed by atoms with E-state index in [0.717, 1.165) is 22.2 Å². The molecule has 1 aromatic heterocycles. The normalized spacial score (nSPS) is 12.3. The van der Waals surface area contributed by atoms with Gasteiger partial charge in [0.1, 0.15) is 5.82 Å². The molecule has 0 aliphatic carbocycles. The smallest absolute Gasteiger partial charge is 0.126 e. The molecule has 0 saturated carbocycles. The van der Waals surface area contributed by atoms with Crippen molar-refractivity contribution in [3.8, 4) is 0 Å². The zero-order valence-electron chi connectivity index (χ0n) is 10.4. The SMILES string of the molecule is Nc1ncccc1CC(N)CSc1cccc(Br)c1. The lowest BCUT2D eigenvalue weighted by Crippen LogP contribution is -2.26. The molecule has 3 nitrogen and oxygen atoms in total. The van der Waals surface area contributed by atoms with E-state index in [0.29, 0.717) is 5.82 Å². The minimum Gasteiger partial charge on any atom is -0.383 e. The van der Waals surface area contributed by atoms with E-state index < -0.39 is 0 Å². The van der Waals surface area contributed by atoms with Crippen molar-refractivity contribution in [3.05, 3.63) is 52.6 Å². The van der Waals surface area contributed by atoms with E-state index in [1.807, 2.05) is 24.3 Å². The van der Waals surface area contributed by atoms with Gasteiger partial charge in [0.05, 0.1) is 0 Å². The number of halogens is 1. The van der Waals surface area contributed by atoms with Crippen molar-refractivity contribution >= 4 is 33.5 Å². The fraction of sp³-hybridized carbons (Fsp3) is 0.214. The third-order valence-electron chi connectivity index (χ3n) is 2.67. The molecule has 19 heavy (non-hydrogen) atoms. The summed E-state index contributed by atoms with van der Waals surface area (Å²) in [5.74, 6) is 1.43. The van der Waals surface area contributed by atoms with Crippen LogP contribution >= 0.6 is 27.7 Å². The Morgan fingerprint density at radius 1 is 1.26 bits per heavy atom. The summed E-state index contributed by atoms with van der Waals surface area (Å²) >= 11 is 5.21. The molecule has 1 heterocycles. The fourth-order valence-electron chi connectivity index (χ4n) is 1.72. The number of rotatable bonds is 5. The molecule has 1 unspecified atom stereocenters. The largest absolute Gasteiger partial charge is 0.383 e. The van der Waals surface area contributed by atoms with Gasteiger partial charge in [0.15, 0.2) is 0 Å². The van der Waals surface area contributed by atoms with E-state index in [-0.39, 0.29) is 6.04 Å². The quantitative estimate of drug-likeness (QED) is 0.823. The monoisotopic (exact) mass is 337 g/mol. The Kier molecular flexibility index (Phi) is 5.24. The summed E-state index contributed by atoms with van der Waals surface area (Å²) < 4.78 is 1.09. The fourth-order valence-corrected chi connectivity index (χ4v) is 3.19. The third-order valence-corrected chi connectivity index (χ3v) is 4.34. The standard InChI is InChI=1S/C14H16BrN3S/c15-11-4-1-5-13(8-11)19-9-12(16)7-10-3-2-6-18-14(10)17/h1-6,8,12H,7,9,16H2,(H2,17,18). The maximum absolute atomic E-state index is 6.14. The van der Waals surface area contributed by atoms with Gasteiger partial charge in [-0.25, -0.2) is 4.98 Å². The molecule has 0 amide bonds. The number of hydrogen-bond acceptors (Lipinski definition) is 4. The highest BCUT2D eigenvalue weighted by atomic mass is 79.9. The van der Waals surface area contributed by atoms with E-state index in [1.54, 1.807) is 18.0 Å². The molecule has 2 aromatic rings.